The van der Waals surface area contributed by atoms with E-state index >= 15 is 0 Å². The van der Waals surface area contributed by atoms with Gasteiger partial charge in [0.15, 0.2) is 11.5 Å². The summed E-state index contributed by atoms with van der Waals surface area (Å²) in [5.41, 5.74) is 6.78. The number of benzene rings is 1. The number of nitrogens with two attached hydrogens (primary N) is 1. The van der Waals surface area contributed by atoms with Crippen LogP contribution in [0.3, 0.4) is 0 Å². The van der Waals surface area contributed by atoms with Gasteiger partial charge in [-0.15, -0.1) is 0 Å². The van der Waals surface area contributed by atoms with Gasteiger partial charge in [0.25, 0.3) is 0 Å². The van der Waals surface area contributed by atoms with Gasteiger partial charge in [0.05, 0.1) is 12.2 Å². The summed E-state index contributed by atoms with van der Waals surface area (Å²) >= 11 is 0. The number of hydrogen-bond acceptors (Lipinski definition) is 5. The van der Waals surface area contributed by atoms with Crippen molar-refractivity contribution in [2.75, 3.05) is 31.3 Å². The van der Waals surface area contributed by atoms with Crippen LogP contribution in [0.15, 0.2) is 18.2 Å². The smallest absolute Gasteiger partial charge is 0.231 e. The SMILES string of the molecule is CC1CN(c2ccc3c(c2)OCO3)CC(CCN)O1. The highest BCUT2D eigenvalue weighted by molar-refractivity contribution is 5.57. The second kappa shape index (κ2) is 5.27. The maximum absolute atomic E-state index is 5.89. The van der Waals surface area contributed by atoms with Gasteiger partial charge in [0.2, 0.25) is 6.79 Å². The van der Waals surface area contributed by atoms with Crippen LogP contribution in [-0.4, -0.2) is 38.6 Å². The van der Waals surface area contributed by atoms with Crippen molar-refractivity contribution in [2.45, 2.75) is 25.6 Å². The minimum atomic E-state index is 0.208. The number of ether oxygens (including phenoxy) is 3. The van der Waals surface area contributed by atoms with Gasteiger partial charge < -0.3 is 24.8 Å². The number of nitrogens with zero attached hydrogens (tertiary/aromatic N) is 1. The van der Waals surface area contributed by atoms with Crippen LogP contribution >= 0.6 is 0 Å². The molecule has 2 aliphatic heterocycles. The normalized spacial score (nSPS) is 25.7. The lowest BCUT2D eigenvalue weighted by atomic mass is 10.1. The van der Waals surface area contributed by atoms with Crippen molar-refractivity contribution in [3.8, 4) is 11.5 Å². The maximum Gasteiger partial charge on any atom is 0.231 e. The zero-order chi connectivity index (χ0) is 13.2. The van der Waals surface area contributed by atoms with E-state index < -0.39 is 0 Å². The van der Waals surface area contributed by atoms with E-state index in [1.807, 2.05) is 12.1 Å². The van der Waals surface area contributed by atoms with Gasteiger partial charge in [-0.3, -0.25) is 0 Å². The van der Waals surface area contributed by atoms with Crippen LogP contribution in [0.25, 0.3) is 0 Å². The Kier molecular flexibility index (Phi) is 3.48. The summed E-state index contributed by atoms with van der Waals surface area (Å²) in [7, 11) is 0. The fourth-order valence-corrected chi connectivity index (χ4v) is 2.68. The van der Waals surface area contributed by atoms with Crippen LogP contribution in [0, 0.1) is 0 Å². The van der Waals surface area contributed by atoms with Crippen molar-refractivity contribution < 1.29 is 14.2 Å². The van der Waals surface area contributed by atoms with E-state index in [9.17, 15) is 0 Å². The van der Waals surface area contributed by atoms with E-state index in [0.717, 1.165) is 36.7 Å². The summed E-state index contributed by atoms with van der Waals surface area (Å²) < 4.78 is 16.7. The van der Waals surface area contributed by atoms with Crippen molar-refractivity contribution in [2.24, 2.45) is 5.73 Å². The van der Waals surface area contributed by atoms with Gasteiger partial charge in [-0.05, 0) is 32.0 Å². The van der Waals surface area contributed by atoms with Crippen LogP contribution in [-0.2, 0) is 4.74 Å². The molecule has 5 heteroatoms. The molecule has 2 aliphatic rings. The van der Waals surface area contributed by atoms with E-state index in [-0.39, 0.29) is 12.2 Å². The zero-order valence-electron chi connectivity index (χ0n) is 11.2. The standard InChI is InChI=1S/C14H20N2O3/c1-10-7-16(8-12(19-10)4-5-15)11-2-3-13-14(6-11)18-9-17-13/h2-3,6,10,12H,4-5,7-9,15H2,1H3. The first-order valence-corrected chi connectivity index (χ1v) is 6.76. The van der Waals surface area contributed by atoms with Crippen LogP contribution in [0.5, 0.6) is 11.5 Å². The molecule has 0 amide bonds. The lowest BCUT2D eigenvalue weighted by molar-refractivity contribution is -0.0183. The molecule has 0 bridgehead atoms. The van der Waals surface area contributed by atoms with Crippen LogP contribution in [0.4, 0.5) is 5.69 Å². The van der Waals surface area contributed by atoms with Crippen molar-refractivity contribution in [1.82, 2.24) is 0 Å². The lowest BCUT2D eigenvalue weighted by Gasteiger charge is -2.38. The van der Waals surface area contributed by atoms with Crippen LogP contribution < -0.4 is 20.1 Å². The monoisotopic (exact) mass is 264 g/mol. The minimum Gasteiger partial charge on any atom is -0.454 e. The molecule has 0 aliphatic carbocycles. The van der Waals surface area contributed by atoms with E-state index in [0.29, 0.717) is 13.3 Å². The molecule has 1 aromatic carbocycles. The Hall–Kier alpha value is -1.46. The number of fused-ring (bicyclic) bond motifs is 1. The van der Waals surface area contributed by atoms with E-state index in [4.69, 9.17) is 19.9 Å². The highest BCUT2D eigenvalue weighted by atomic mass is 16.7. The molecule has 5 nitrogen and oxygen atoms in total. The first-order chi connectivity index (χ1) is 9.26. The summed E-state index contributed by atoms with van der Waals surface area (Å²) in [6, 6.07) is 6.08. The second-order valence-electron chi connectivity index (χ2n) is 5.09. The summed E-state index contributed by atoms with van der Waals surface area (Å²) in [6.07, 6.45) is 1.32. The first kappa shape index (κ1) is 12.6. The quantitative estimate of drug-likeness (QED) is 0.893. The average molecular weight is 264 g/mol. The van der Waals surface area contributed by atoms with Gasteiger partial charge in [-0.25, -0.2) is 0 Å². The third kappa shape index (κ3) is 2.62. The summed E-state index contributed by atoms with van der Waals surface area (Å²) in [5, 5.41) is 0. The second-order valence-corrected chi connectivity index (χ2v) is 5.09. The Labute approximate surface area is 113 Å². The van der Waals surface area contributed by atoms with Gasteiger partial charge in [0, 0.05) is 24.8 Å². The molecule has 0 radical (unpaired) electrons. The summed E-state index contributed by atoms with van der Waals surface area (Å²) in [5.74, 6) is 1.65. The first-order valence-electron chi connectivity index (χ1n) is 6.76. The Morgan fingerprint density at radius 3 is 2.95 bits per heavy atom. The molecule has 2 unspecified atom stereocenters. The fraction of sp³-hybridized carbons (Fsp3) is 0.571. The molecule has 2 N–H and O–H groups in total. The Bertz CT molecular complexity index is 452. The predicted molar refractivity (Wildman–Crippen MR) is 72.8 cm³/mol. The maximum atomic E-state index is 5.89. The molecule has 1 aromatic rings. The summed E-state index contributed by atoms with van der Waals surface area (Å²) in [6.45, 7) is 4.84. The molecule has 0 saturated carbocycles. The molecule has 2 heterocycles. The largest absolute Gasteiger partial charge is 0.454 e. The van der Waals surface area contributed by atoms with Crippen molar-refractivity contribution in [1.29, 1.82) is 0 Å². The van der Waals surface area contributed by atoms with E-state index in [2.05, 4.69) is 17.9 Å². The average Bonchev–Trinajstić information content (AvgIpc) is 2.85. The van der Waals surface area contributed by atoms with Gasteiger partial charge >= 0.3 is 0 Å². The Morgan fingerprint density at radius 2 is 2.11 bits per heavy atom. The molecule has 104 valence electrons. The number of anilines is 1. The molecular formula is C14H20N2O3. The van der Waals surface area contributed by atoms with Crippen LogP contribution in [0.2, 0.25) is 0 Å². The third-order valence-corrected chi connectivity index (χ3v) is 3.54. The van der Waals surface area contributed by atoms with Crippen molar-refractivity contribution >= 4 is 5.69 Å². The van der Waals surface area contributed by atoms with Gasteiger partial charge in [-0.2, -0.15) is 0 Å². The van der Waals surface area contributed by atoms with Gasteiger partial charge in [-0.1, -0.05) is 0 Å². The lowest BCUT2D eigenvalue weighted by Crippen LogP contribution is -2.47. The van der Waals surface area contributed by atoms with E-state index in [1.165, 1.54) is 0 Å². The highest BCUT2D eigenvalue weighted by Crippen LogP contribution is 2.36. The molecule has 0 spiro atoms. The summed E-state index contributed by atoms with van der Waals surface area (Å²) in [4.78, 5) is 2.33. The molecule has 3 rings (SSSR count). The zero-order valence-corrected chi connectivity index (χ0v) is 11.2. The molecule has 1 saturated heterocycles. The molecule has 1 fully saturated rings. The van der Waals surface area contributed by atoms with E-state index in [1.54, 1.807) is 0 Å². The fourth-order valence-electron chi connectivity index (χ4n) is 2.68. The van der Waals surface area contributed by atoms with Gasteiger partial charge in [0.1, 0.15) is 0 Å². The topological polar surface area (TPSA) is 57.0 Å². The van der Waals surface area contributed by atoms with Crippen LogP contribution in [0.1, 0.15) is 13.3 Å². The van der Waals surface area contributed by atoms with Crippen molar-refractivity contribution in [3.63, 3.8) is 0 Å². The van der Waals surface area contributed by atoms with Crippen molar-refractivity contribution in [3.05, 3.63) is 18.2 Å². The Balaban J connectivity index is 1.77. The number of hydrogen-bond donors (Lipinski definition) is 1. The number of rotatable bonds is 3. The molecular weight excluding hydrogens is 244 g/mol. The predicted octanol–water partition coefficient (Wildman–Crippen LogP) is 1.36. The minimum absolute atomic E-state index is 0.208. The highest BCUT2D eigenvalue weighted by Gasteiger charge is 2.26. The number of morpholine rings is 1. The molecule has 0 aromatic heterocycles. The third-order valence-electron chi connectivity index (χ3n) is 3.54. The molecule has 19 heavy (non-hydrogen) atoms. The Morgan fingerprint density at radius 1 is 1.26 bits per heavy atom. The molecule has 2 atom stereocenters.